The molecule has 0 aliphatic carbocycles. The molecule has 3 N–H and O–H groups in total. The first kappa shape index (κ1) is 21.5. The van der Waals surface area contributed by atoms with Crippen LogP contribution in [-0.4, -0.2) is 36.0 Å². The molecule has 0 saturated carbocycles. The minimum absolute atomic E-state index is 0.0229. The normalized spacial score (nSPS) is 12.5. The summed E-state index contributed by atoms with van der Waals surface area (Å²) >= 11 is 0. The average molecular weight is 452 g/mol. The summed E-state index contributed by atoms with van der Waals surface area (Å²) in [5, 5.41) is 12.5. The van der Waals surface area contributed by atoms with Crippen molar-refractivity contribution in [3.05, 3.63) is 84.5 Å². The van der Waals surface area contributed by atoms with Crippen molar-refractivity contribution < 1.29 is 22.7 Å². The summed E-state index contributed by atoms with van der Waals surface area (Å²) in [6, 6.07) is 16.5. The van der Waals surface area contributed by atoms with Crippen LogP contribution in [0.4, 0.5) is 5.82 Å². The van der Waals surface area contributed by atoms with Crippen molar-refractivity contribution in [3.8, 4) is 0 Å². The molecule has 0 bridgehead atoms. The Labute approximate surface area is 184 Å². The highest BCUT2D eigenvalue weighted by molar-refractivity contribution is 7.89. The molecule has 10 heteroatoms. The summed E-state index contributed by atoms with van der Waals surface area (Å²) in [4.78, 5) is 19.2. The van der Waals surface area contributed by atoms with Gasteiger partial charge in [-0.2, -0.15) is 0 Å². The van der Waals surface area contributed by atoms with E-state index in [2.05, 4.69) is 20.0 Å². The number of carboxylic acids is 1. The van der Waals surface area contributed by atoms with Gasteiger partial charge in [-0.15, -0.1) is 0 Å². The standard InChI is InChI=1S/C22H20N4O5S/c27-22(28)14-24-21-9-3-7-18(25-21)19(26-32(29,30)17-6-4-10-23-13-17)12-16-11-15-5-1-2-8-20(15)31-16/h1-11,13,19,26H,12,14H2,(H,24,25)(H,27,28). The largest absolute Gasteiger partial charge is 0.480 e. The topological polar surface area (TPSA) is 134 Å². The zero-order valence-corrected chi connectivity index (χ0v) is 17.6. The molecule has 0 amide bonds. The Morgan fingerprint density at radius 3 is 2.69 bits per heavy atom. The third-order valence-corrected chi connectivity index (χ3v) is 6.13. The fourth-order valence-corrected chi connectivity index (χ4v) is 4.39. The molecule has 9 nitrogen and oxygen atoms in total. The lowest BCUT2D eigenvalue weighted by atomic mass is 10.1. The summed E-state index contributed by atoms with van der Waals surface area (Å²) in [6.45, 7) is -0.313. The lowest BCUT2D eigenvalue weighted by Gasteiger charge is -2.18. The van der Waals surface area contributed by atoms with Gasteiger partial charge in [-0.05, 0) is 36.4 Å². The van der Waals surface area contributed by atoms with Gasteiger partial charge in [0, 0.05) is 24.2 Å². The number of nitrogens with one attached hydrogen (secondary N) is 2. The van der Waals surface area contributed by atoms with Gasteiger partial charge in [0.15, 0.2) is 0 Å². The predicted octanol–water partition coefficient (Wildman–Crippen LogP) is 2.98. The highest BCUT2D eigenvalue weighted by atomic mass is 32.2. The molecule has 0 fully saturated rings. The molecule has 1 atom stereocenters. The van der Waals surface area contributed by atoms with Crippen molar-refractivity contribution in [2.75, 3.05) is 11.9 Å². The van der Waals surface area contributed by atoms with E-state index in [4.69, 9.17) is 9.52 Å². The Hall–Kier alpha value is -3.76. The number of carbonyl (C=O) groups is 1. The quantitative estimate of drug-likeness (QED) is 0.353. The van der Waals surface area contributed by atoms with Crippen LogP contribution in [-0.2, 0) is 21.2 Å². The number of furan rings is 1. The van der Waals surface area contributed by atoms with Crippen LogP contribution in [0.2, 0.25) is 0 Å². The van der Waals surface area contributed by atoms with Crippen molar-refractivity contribution in [1.29, 1.82) is 0 Å². The van der Waals surface area contributed by atoms with Gasteiger partial charge in [0.25, 0.3) is 0 Å². The molecule has 4 aromatic rings. The number of benzene rings is 1. The van der Waals surface area contributed by atoms with Crippen molar-refractivity contribution >= 4 is 32.8 Å². The number of para-hydroxylation sites is 1. The highest BCUT2D eigenvalue weighted by Crippen LogP contribution is 2.25. The van der Waals surface area contributed by atoms with Crippen molar-refractivity contribution in [2.24, 2.45) is 0 Å². The van der Waals surface area contributed by atoms with E-state index in [1.165, 1.54) is 24.5 Å². The SMILES string of the molecule is O=C(O)CNc1cccc(C(Cc2cc3ccccc3o2)NS(=O)(=O)c2cccnc2)n1. The predicted molar refractivity (Wildman–Crippen MR) is 118 cm³/mol. The maximum Gasteiger partial charge on any atom is 0.322 e. The number of anilines is 1. The average Bonchev–Trinajstić information content (AvgIpc) is 3.20. The van der Waals surface area contributed by atoms with Gasteiger partial charge in [0.05, 0.1) is 11.7 Å². The summed E-state index contributed by atoms with van der Waals surface area (Å²) in [5.74, 6) is -0.135. The Balaban J connectivity index is 1.67. The van der Waals surface area contributed by atoms with Crippen LogP contribution in [0.5, 0.6) is 0 Å². The van der Waals surface area contributed by atoms with Gasteiger partial charge in [0.1, 0.15) is 28.6 Å². The zero-order valence-electron chi connectivity index (χ0n) is 16.8. The molecule has 32 heavy (non-hydrogen) atoms. The first-order valence-corrected chi connectivity index (χ1v) is 11.2. The molecule has 0 aliphatic rings. The summed E-state index contributed by atoms with van der Waals surface area (Å²) in [5.41, 5.74) is 1.11. The van der Waals surface area contributed by atoms with Crippen molar-refractivity contribution in [1.82, 2.24) is 14.7 Å². The van der Waals surface area contributed by atoms with E-state index in [0.29, 0.717) is 22.9 Å². The minimum Gasteiger partial charge on any atom is -0.480 e. The third kappa shape index (κ3) is 5.10. The fourth-order valence-electron chi connectivity index (χ4n) is 3.22. The number of sulfonamides is 1. The Morgan fingerprint density at radius 2 is 1.94 bits per heavy atom. The number of fused-ring (bicyclic) bond motifs is 1. The number of pyridine rings is 2. The van der Waals surface area contributed by atoms with Crippen LogP contribution in [0.1, 0.15) is 17.5 Å². The van der Waals surface area contributed by atoms with Gasteiger partial charge in [-0.25, -0.2) is 18.1 Å². The molecule has 0 radical (unpaired) electrons. The highest BCUT2D eigenvalue weighted by Gasteiger charge is 2.24. The number of carboxylic acid groups (broad SMARTS) is 1. The second kappa shape index (κ2) is 9.16. The molecular formula is C22H20N4O5S. The minimum atomic E-state index is -3.91. The summed E-state index contributed by atoms with van der Waals surface area (Å²) in [7, 11) is -3.91. The molecule has 3 heterocycles. The van der Waals surface area contributed by atoms with Gasteiger partial charge in [-0.3, -0.25) is 9.78 Å². The van der Waals surface area contributed by atoms with Gasteiger partial charge >= 0.3 is 5.97 Å². The Bertz CT molecular complexity index is 1310. The molecule has 0 spiro atoms. The maximum atomic E-state index is 13.0. The second-order valence-corrected chi connectivity index (χ2v) is 8.73. The first-order valence-electron chi connectivity index (χ1n) is 9.73. The van der Waals surface area contributed by atoms with Crippen LogP contribution >= 0.6 is 0 Å². The molecule has 1 aromatic carbocycles. The number of nitrogens with zero attached hydrogens (tertiary/aromatic N) is 2. The molecule has 0 aliphatic heterocycles. The number of hydrogen-bond acceptors (Lipinski definition) is 7. The molecule has 4 rings (SSSR count). The van der Waals surface area contributed by atoms with Crippen LogP contribution in [0, 0.1) is 0 Å². The zero-order chi connectivity index (χ0) is 22.6. The van der Waals surface area contributed by atoms with Crippen LogP contribution in [0.3, 0.4) is 0 Å². The monoisotopic (exact) mass is 452 g/mol. The van der Waals surface area contributed by atoms with Gasteiger partial charge in [-0.1, -0.05) is 24.3 Å². The Kier molecular flexibility index (Phi) is 6.15. The molecule has 1 unspecified atom stereocenters. The van der Waals surface area contributed by atoms with E-state index < -0.39 is 22.0 Å². The first-order chi connectivity index (χ1) is 15.4. The van der Waals surface area contributed by atoms with E-state index in [1.54, 1.807) is 18.2 Å². The molecule has 164 valence electrons. The second-order valence-electron chi connectivity index (χ2n) is 7.01. The van der Waals surface area contributed by atoms with E-state index in [9.17, 15) is 13.2 Å². The number of aliphatic carboxylic acids is 1. The van der Waals surface area contributed by atoms with Crippen LogP contribution < -0.4 is 10.0 Å². The van der Waals surface area contributed by atoms with Gasteiger partial charge in [0.2, 0.25) is 10.0 Å². The van der Waals surface area contributed by atoms with E-state index in [1.807, 2.05) is 30.3 Å². The molecular weight excluding hydrogens is 432 g/mol. The number of rotatable bonds is 9. The van der Waals surface area contributed by atoms with E-state index in [0.717, 1.165) is 5.39 Å². The van der Waals surface area contributed by atoms with Crippen LogP contribution in [0.25, 0.3) is 11.0 Å². The smallest absolute Gasteiger partial charge is 0.322 e. The summed E-state index contributed by atoms with van der Waals surface area (Å²) < 4.78 is 34.5. The Morgan fingerprint density at radius 1 is 1.09 bits per heavy atom. The maximum absolute atomic E-state index is 13.0. The molecule has 3 aromatic heterocycles. The lowest BCUT2D eigenvalue weighted by molar-refractivity contribution is -0.134. The summed E-state index contributed by atoms with van der Waals surface area (Å²) in [6.07, 6.45) is 2.95. The van der Waals surface area contributed by atoms with E-state index >= 15 is 0 Å². The fraction of sp³-hybridized carbons (Fsp3) is 0.136. The van der Waals surface area contributed by atoms with Crippen LogP contribution in [0.15, 0.2) is 82.4 Å². The lowest BCUT2D eigenvalue weighted by Crippen LogP contribution is -2.31. The van der Waals surface area contributed by atoms with Crippen molar-refractivity contribution in [3.63, 3.8) is 0 Å². The third-order valence-electron chi connectivity index (χ3n) is 4.67. The van der Waals surface area contributed by atoms with Gasteiger partial charge < -0.3 is 14.8 Å². The number of aromatic nitrogens is 2. The number of hydrogen-bond donors (Lipinski definition) is 3. The molecule has 0 saturated heterocycles. The van der Waals surface area contributed by atoms with Crippen molar-refractivity contribution in [2.45, 2.75) is 17.4 Å². The van der Waals surface area contributed by atoms with E-state index in [-0.39, 0.29) is 17.9 Å².